The molecule has 2 amide bonds. The van der Waals surface area contributed by atoms with Gasteiger partial charge in [-0.25, -0.2) is 4.79 Å². The Labute approximate surface area is 141 Å². The molecule has 1 rings (SSSR count). The number of amides is 2. The van der Waals surface area contributed by atoms with E-state index in [1.807, 2.05) is 13.8 Å². The second-order valence-electron chi connectivity index (χ2n) is 6.66. The summed E-state index contributed by atoms with van der Waals surface area (Å²) in [6.07, 6.45) is -0.142. The third-order valence-corrected chi connectivity index (χ3v) is 2.95. The van der Waals surface area contributed by atoms with Crippen LogP contribution in [0.3, 0.4) is 0 Å². The van der Waals surface area contributed by atoms with Gasteiger partial charge in [0.1, 0.15) is 5.75 Å². The van der Waals surface area contributed by atoms with Gasteiger partial charge in [-0.3, -0.25) is 9.59 Å². The minimum atomic E-state index is -1.11. The highest BCUT2D eigenvalue weighted by atomic mass is 16.5. The highest BCUT2D eigenvalue weighted by Crippen LogP contribution is 2.27. The van der Waals surface area contributed by atoms with Gasteiger partial charge in [-0.05, 0) is 32.0 Å². The third kappa shape index (κ3) is 5.91. The molecule has 0 aliphatic carbocycles. The number of benzene rings is 1. The summed E-state index contributed by atoms with van der Waals surface area (Å²) in [5.41, 5.74) is -0.325. The van der Waals surface area contributed by atoms with Crippen LogP contribution in [0.2, 0.25) is 0 Å². The SMILES string of the molecule is CC(C)Oc1ccc(C(=O)O)cc1NC(=O)CNC(=O)C(C)(C)C. The monoisotopic (exact) mass is 336 g/mol. The summed E-state index contributed by atoms with van der Waals surface area (Å²) in [6.45, 7) is 8.65. The number of hydrogen-bond donors (Lipinski definition) is 3. The molecule has 3 N–H and O–H groups in total. The summed E-state index contributed by atoms with van der Waals surface area (Å²) in [6, 6.07) is 4.22. The van der Waals surface area contributed by atoms with Crippen LogP contribution in [-0.4, -0.2) is 35.5 Å². The minimum absolute atomic E-state index is 0.0279. The summed E-state index contributed by atoms with van der Waals surface area (Å²) < 4.78 is 5.57. The summed E-state index contributed by atoms with van der Waals surface area (Å²) in [4.78, 5) is 34.9. The number of aromatic carboxylic acids is 1. The summed E-state index contributed by atoms with van der Waals surface area (Å²) in [7, 11) is 0. The van der Waals surface area contributed by atoms with Crippen LogP contribution in [-0.2, 0) is 9.59 Å². The maximum atomic E-state index is 12.0. The molecule has 0 fully saturated rings. The van der Waals surface area contributed by atoms with Gasteiger partial charge in [-0.1, -0.05) is 20.8 Å². The van der Waals surface area contributed by atoms with Gasteiger partial charge in [-0.2, -0.15) is 0 Å². The van der Waals surface area contributed by atoms with Gasteiger partial charge in [0, 0.05) is 5.41 Å². The number of carbonyl (C=O) groups excluding carboxylic acids is 2. The molecule has 0 unspecified atom stereocenters. The van der Waals surface area contributed by atoms with Crippen molar-refractivity contribution in [2.75, 3.05) is 11.9 Å². The fraction of sp³-hybridized carbons (Fsp3) is 0.471. The van der Waals surface area contributed by atoms with Gasteiger partial charge in [0.2, 0.25) is 11.8 Å². The van der Waals surface area contributed by atoms with Crippen LogP contribution in [0.15, 0.2) is 18.2 Å². The summed E-state index contributed by atoms with van der Waals surface area (Å²) in [5.74, 6) is -1.47. The Bertz CT molecular complexity index is 632. The molecule has 0 saturated heterocycles. The molecule has 1 aromatic carbocycles. The van der Waals surface area contributed by atoms with E-state index >= 15 is 0 Å². The molecule has 132 valence electrons. The van der Waals surface area contributed by atoms with E-state index in [0.29, 0.717) is 5.75 Å². The molecule has 0 aromatic heterocycles. The lowest BCUT2D eigenvalue weighted by molar-refractivity contribution is -0.130. The quantitative estimate of drug-likeness (QED) is 0.739. The van der Waals surface area contributed by atoms with E-state index in [-0.39, 0.29) is 29.8 Å². The minimum Gasteiger partial charge on any atom is -0.489 e. The van der Waals surface area contributed by atoms with Gasteiger partial charge < -0.3 is 20.5 Å². The first-order valence-corrected chi connectivity index (χ1v) is 7.63. The Morgan fingerprint density at radius 3 is 2.33 bits per heavy atom. The highest BCUT2D eigenvalue weighted by Gasteiger charge is 2.21. The standard InChI is InChI=1S/C17H24N2O5/c1-10(2)24-13-7-6-11(15(21)22)8-12(13)19-14(20)9-18-16(23)17(3,4)5/h6-8,10H,9H2,1-5H3,(H,18,23)(H,19,20)(H,21,22). The molecule has 0 heterocycles. The smallest absolute Gasteiger partial charge is 0.335 e. The van der Waals surface area contributed by atoms with Crippen molar-refractivity contribution in [3.05, 3.63) is 23.8 Å². The van der Waals surface area contributed by atoms with Crippen molar-refractivity contribution >= 4 is 23.5 Å². The van der Waals surface area contributed by atoms with Crippen molar-refractivity contribution < 1.29 is 24.2 Å². The molecule has 24 heavy (non-hydrogen) atoms. The topological polar surface area (TPSA) is 105 Å². The fourth-order valence-corrected chi connectivity index (χ4v) is 1.74. The van der Waals surface area contributed by atoms with Crippen molar-refractivity contribution in [1.82, 2.24) is 5.32 Å². The number of ether oxygens (including phenoxy) is 1. The maximum Gasteiger partial charge on any atom is 0.335 e. The normalized spacial score (nSPS) is 11.1. The van der Waals surface area contributed by atoms with E-state index in [4.69, 9.17) is 9.84 Å². The molecule has 0 saturated carbocycles. The maximum absolute atomic E-state index is 12.0. The molecule has 0 spiro atoms. The van der Waals surface area contributed by atoms with E-state index < -0.39 is 17.3 Å². The number of carbonyl (C=O) groups is 3. The Hall–Kier alpha value is -2.57. The zero-order valence-electron chi connectivity index (χ0n) is 14.6. The molecule has 0 bridgehead atoms. The molecule has 1 aromatic rings. The summed E-state index contributed by atoms with van der Waals surface area (Å²) >= 11 is 0. The lowest BCUT2D eigenvalue weighted by Crippen LogP contribution is -2.39. The van der Waals surface area contributed by atoms with Crippen LogP contribution in [0.1, 0.15) is 45.0 Å². The van der Waals surface area contributed by atoms with Crippen LogP contribution < -0.4 is 15.4 Å². The molecule has 0 atom stereocenters. The Kier molecular flexibility index (Phi) is 6.34. The van der Waals surface area contributed by atoms with Gasteiger partial charge in [0.25, 0.3) is 0 Å². The number of carboxylic acid groups (broad SMARTS) is 1. The fourth-order valence-electron chi connectivity index (χ4n) is 1.74. The molecule has 0 aliphatic rings. The van der Waals surface area contributed by atoms with Crippen molar-refractivity contribution in [2.45, 2.75) is 40.7 Å². The Morgan fingerprint density at radius 2 is 1.83 bits per heavy atom. The average molecular weight is 336 g/mol. The molecular formula is C17H24N2O5. The predicted molar refractivity (Wildman–Crippen MR) is 90.3 cm³/mol. The first-order valence-electron chi connectivity index (χ1n) is 7.63. The van der Waals surface area contributed by atoms with Crippen molar-refractivity contribution in [3.63, 3.8) is 0 Å². The van der Waals surface area contributed by atoms with Crippen molar-refractivity contribution in [2.24, 2.45) is 5.41 Å². The van der Waals surface area contributed by atoms with Crippen molar-refractivity contribution in [3.8, 4) is 5.75 Å². The van der Waals surface area contributed by atoms with Crippen molar-refractivity contribution in [1.29, 1.82) is 0 Å². The van der Waals surface area contributed by atoms with Crippen LogP contribution >= 0.6 is 0 Å². The molecular weight excluding hydrogens is 312 g/mol. The van der Waals surface area contributed by atoms with Crippen LogP contribution in [0.5, 0.6) is 5.75 Å². The van der Waals surface area contributed by atoms with Crippen LogP contribution in [0.4, 0.5) is 5.69 Å². The van der Waals surface area contributed by atoms with E-state index in [1.165, 1.54) is 18.2 Å². The predicted octanol–water partition coefficient (Wildman–Crippen LogP) is 2.27. The lowest BCUT2D eigenvalue weighted by atomic mass is 9.96. The van der Waals surface area contributed by atoms with Crippen LogP contribution in [0.25, 0.3) is 0 Å². The first-order chi connectivity index (χ1) is 11.0. The molecule has 0 radical (unpaired) electrons. The number of carboxylic acids is 1. The Morgan fingerprint density at radius 1 is 1.21 bits per heavy atom. The van der Waals surface area contributed by atoms with E-state index in [1.54, 1.807) is 20.8 Å². The average Bonchev–Trinajstić information content (AvgIpc) is 2.44. The zero-order valence-corrected chi connectivity index (χ0v) is 14.6. The largest absolute Gasteiger partial charge is 0.489 e. The van der Waals surface area contributed by atoms with E-state index in [9.17, 15) is 14.4 Å². The number of nitrogens with one attached hydrogen (secondary N) is 2. The first kappa shape index (κ1) is 19.5. The number of anilines is 1. The lowest BCUT2D eigenvalue weighted by Gasteiger charge is -2.18. The van der Waals surface area contributed by atoms with Gasteiger partial charge in [0.05, 0.1) is 23.9 Å². The second kappa shape index (κ2) is 7.81. The van der Waals surface area contributed by atoms with E-state index in [0.717, 1.165) is 0 Å². The summed E-state index contributed by atoms with van der Waals surface area (Å²) in [5, 5.41) is 14.2. The number of hydrogen-bond acceptors (Lipinski definition) is 4. The van der Waals surface area contributed by atoms with Crippen LogP contribution in [0, 0.1) is 5.41 Å². The Balaban J connectivity index is 2.87. The van der Waals surface area contributed by atoms with Gasteiger partial charge >= 0.3 is 5.97 Å². The second-order valence-corrected chi connectivity index (χ2v) is 6.66. The third-order valence-electron chi connectivity index (χ3n) is 2.95. The number of rotatable bonds is 6. The molecule has 0 aliphatic heterocycles. The molecule has 7 nitrogen and oxygen atoms in total. The van der Waals surface area contributed by atoms with E-state index in [2.05, 4.69) is 10.6 Å². The zero-order chi connectivity index (χ0) is 18.5. The molecule has 7 heteroatoms. The highest BCUT2D eigenvalue weighted by molar-refractivity contribution is 5.98. The van der Waals surface area contributed by atoms with Gasteiger partial charge in [0.15, 0.2) is 0 Å². The van der Waals surface area contributed by atoms with Gasteiger partial charge in [-0.15, -0.1) is 0 Å².